The molecule has 2 aromatic heterocycles. The highest BCUT2D eigenvalue weighted by Gasteiger charge is 2.22. The van der Waals surface area contributed by atoms with Gasteiger partial charge in [0.15, 0.2) is 4.96 Å². The number of rotatable bonds is 4. The fourth-order valence-electron chi connectivity index (χ4n) is 3.92. The number of thiazole rings is 1. The molecule has 0 atom stereocenters. The number of hydrogen-bond acceptors (Lipinski definition) is 4. The van der Waals surface area contributed by atoms with Crippen LogP contribution in [-0.2, 0) is 17.8 Å². The average molecular weight is 391 g/mol. The fourth-order valence-corrected chi connectivity index (χ4v) is 4.82. The minimum atomic E-state index is 0.205. The van der Waals surface area contributed by atoms with Crippen molar-refractivity contribution < 1.29 is 4.79 Å². The number of fused-ring (bicyclic) bond motifs is 3. The SMILES string of the molecule is O=C(Cc1csc2nc3ccccc3n12)N1CCN(Cc2ccccc2)CC1. The number of piperazine rings is 1. The Hall–Kier alpha value is -2.70. The molecule has 28 heavy (non-hydrogen) atoms. The molecule has 0 radical (unpaired) electrons. The van der Waals surface area contributed by atoms with Crippen molar-refractivity contribution in [2.75, 3.05) is 26.2 Å². The van der Waals surface area contributed by atoms with Gasteiger partial charge in [-0.15, -0.1) is 11.3 Å². The summed E-state index contributed by atoms with van der Waals surface area (Å²) < 4.78 is 2.13. The van der Waals surface area contributed by atoms with Gasteiger partial charge in [-0.05, 0) is 17.7 Å². The molecule has 3 heterocycles. The summed E-state index contributed by atoms with van der Waals surface area (Å²) in [4.78, 5) is 22.9. The number of aromatic nitrogens is 2. The summed E-state index contributed by atoms with van der Waals surface area (Å²) >= 11 is 1.60. The number of nitrogens with zero attached hydrogens (tertiary/aromatic N) is 4. The van der Waals surface area contributed by atoms with Gasteiger partial charge in [-0.1, -0.05) is 42.5 Å². The third kappa shape index (κ3) is 3.30. The normalized spacial score (nSPS) is 15.5. The van der Waals surface area contributed by atoms with E-state index in [4.69, 9.17) is 0 Å². The number of hydrogen-bond donors (Lipinski definition) is 0. The first-order chi connectivity index (χ1) is 13.8. The molecule has 0 bridgehead atoms. The molecule has 0 spiro atoms. The topological polar surface area (TPSA) is 40.9 Å². The lowest BCUT2D eigenvalue weighted by atomic mass is 10.2. The van der Waals surface area contributed by atoms with Gasteiger partial charge in [0.25, 0.3) is 0 Å². The van der Waals surface area contributed by atoms with Gasteiger partial charge in [0.05, 0.1) is 17.5 Å². The van der Waals surface area contributed by atoms with Gasteiger partial charge in [0.1, 0.15) is 0 Å². The summed E-state index contributed by atoms with van der Waals surface area (Å²) in [5.41, 5.74) is 4.42. The minimum absolute atomic E-state index is 0.205. The summed E-state index contributed by atoms with van der Waals surface area (Å²) in [6.07, 6.45) is 0.430. The lowest BCUT2D eigenvalue weighted by molar-refractivity contribution is -0.132. The maximum absolute atomic E-state index is 12.9. The Morgan fingerprint density at radius 3 is 2.54 bits per heavy atom. The van der Waals surface area contributed by atoms with Gasteiger partial charge >= 0.3 is 0 Å². The quantitative estimate of drug-likeness (QED) is 0.536. The zero-order valence-corrected chi connectivity index (χ0v) is 16.4. The standard InChI is InChI=1S/C22H22N4OS/c27-21(25-12-10-24(11-13-25)15-17-6-2-1-3-7-17)14-18-16-28-22-23-19-8-4-5-9-20(19)26(18)22/h1-9,16H,10-15H2. The average Bonchev–Trinajstić information content (AvgIpc) is 3.29. The van der Waals surface area contributed by atoms with Crippen molar-refractivity contribution in [1.82, 2.24) is 19.2 Å². The molecule has 4 aromatic rings. The Labute approximate surface area is 167 Å². The lowest BCUT2D eigenvalue weighted by Gasteiger charge is -2.34. The van der Waals surface area contributed by atoms with Crippen LogP contribution in [0.25, 0.3) is 16.0 Å². The molecule has 6 heteroatoms. The maximum atomic E-state index is 12.9. The molecule has 5 rings (SSSR count). The highest BCUT2D eigenvalue weighted by Crippen LogP contribution is 2.24. The van der Waals surface area contributed by atoms with E-state index >= 15 is 0 Å². The second-order valence-electron chi connectivity index (χ2n) is 7.26. The van der Waals surface area contributed by atoms with Crippen molar-refractivity contribution in [2.45, 2.75) is 13.0 Å². The Bertz CT molecular complexity index is 1110. The largest absolute Gasteiger partial charge is 0.340 e. The third-order valence-electron chi connectivity index (χ3n) is 5.42. The number of imidazole rings is 1. The molecular weight excluding hydrogens is 368 g/mol. The Morgan fingerprint density at radius 2 is 1.71 bits per heavy atom. The van der Waals surface area contributed by atoms with Crippen LogP contribution < -0.4 is 0 Å². The first-order valence-corrected chi connectivity index (χ1v) is 10.5. The fraction of sp³-hybridized carbons (Fsp3) is 0.273. The van der Waals surface area contributed by atoms with Gasteiger partial charge in [-0.25, -0.2) is 4.98 Å². The van der Waals surface area contributed by atoms with Gasteiger partial charge in [-0.3, -0.25) is 14.1 Å². The number of carbonyl (C=O) groups excluding carboxylic acids is 1. The second-order valence-corrected chi connectivity index (χ2v) is 8.10. The van der Waals surface area contributed by atoms with Gasteiger partial charge in [0, 0.05) is 43.8 Å². The molecule has 0 saturated carbocycles. The number of amides is 1. The number of benzene rings is 2. The summed E-state index contributed by atoms with van der Waals surface area (Å²) in [7, 11) is 0. The van der Waals surface area contributed by atoms with E-state index in [9.17, 15) is 4.79 Å². The molecule has 142 valence electrons. The molecule has 2 aromatic carbocycles. The molecule has 1 saturated heterocycles. The minimum Gasteiger partial charge on any atom is -0.340 e. The predicted molar refractivity (Wildman–Crippen MR) is 113 cm³/mol. The van der Waals surface area contributed by atoms with Crippen LogP contribution in [0.3, 0.4) is 0 Å². The zero-order chi connectivity index (χ0) is 18.9. The van der Waals surface area contributed by atoms with Crippen LogP contribution in [0.1, 0.15) is 11.3 Å². The summed E-state index contributed by atoms with van der Waals surface area (Å²) in [6.45, 7) is 4.39. The van der Waals surface area contributed by atoms with Crippen LogP contribution in [0, 0.1) is 0 Å². The van der Waals surface area contributed by atoms with E-state index in [0.29, 0.717) is 6.42 Å². The van der Waals surface area contributed by atoms with Crippen molar-refractivity contribution in [2.24, 2.45) is 0 Å². The maximum Gasteiger partial charge on any atom is 0.228 e. The molecule has 1 aliphatic heterocycles. The summed E-state index contributed by atoms with van der Waals surface area (Å²) in [6, 6.07) is 18.6. The van der Waals surface area contributed by atoms with Gasteiger partial charge in [-0.2, -0.15) is 0 Å². The smallest absolute Gasteiger partial charge is 0.228 e. The van der Waals surface area contributed by atoms with Crippen molar-refractivity contribution >= 4 is 33.2 Å². The van der Waals surface area contributed by atoms with Crippen LogP contribution in [0.5, 0.6) is 0 Å². The van der Waals surface area contributed by atoms with E-state index in [1.807, 2.05) is 29.2 Å². The predicted octanol–water partition coefficient (Wildman–Crippen LogP) is 3.44. The highest BCUT2D eigenvalue weighted by molar-refractivity contribution is 7.15. The van der Waals surface area contributed by atoms with Gasteiger partial charge in [0.2, 0.25) is 5.91 Å². The molecule has 0 unspecified atom stereocenters. The van der Waals surface area contributed by atoms with Gasteiger partial charge < -0.3 is 4.90 Å². The van der Waals surface area contributed by atoms with Crippen molar-refractivity contribution in [3.8, 4) is 0 Å². The van der Waals surface area contributed by atoms with Crippen molar-refractivity contribution in [1.29, 1.82) is 0 Å². The number of para-hydroxylation sites is 2. The monoisotopic (exact) mass is 390 g/mol. The Balaban J connectivity index is 1.25. The van der Waals surface area contributed by atoms with E-state index in [0.717, 1.165) is 54.4 Å². The van der Waals surface area contributed by atoms with Crippen LogP contribution in [0.15, 0.2) is 60.0 Å². The lowest BCUT2D eigenvalue weighted by Crippen LogP contribution is -2.48. The number of carbonyl (C=O) groups is 1. The Kier molecular flexibility index (Phi) is 4.58. The molecular formula is C22H22N4OS. The van der Waals surface area contributed by atoms with Crippen molar-refractivity contribution in [3.63, 3.8) is 0 Å². The van der Waals surface area contributed by atoms with E-state index in [1.54, 1.807) is 11.3 Å². The third-order valence-corrected chi connectivity index (χ3v) is 6.30. The molecule has 5 nitrogen and oxygen atoms in total. The molecule has 0 aliphatic carbocycles. The van der Waals surface area contributed by atoms with E-state index in [-0.39, 0.29) is 5.91 Å². The first-order valence-electron chi connectivity index (χ1n) is 9.65. The first kappa shape index (κ1) is 17.4. The zero-order valence-electron chi connectivity index (χ0n) is 15.6. The van der Waals surface area contributed by atoms with Crippen molar-refractivity contribution in [3.05, 3.63) is 71.2 Å². The molecule has 1 fully saturated rings. The molecule has 1 aliphatic rings. The molecule has 1 amide bonds. The molecule has 0 N–H and O–H groups in total. The second kappa shape index (κ2) is 7.37. The van der Waals surface area contributed by atoms with Crippen LogP contribution in [0.2, 0.25) is 0 Å². The summed E-state index contributed by atoms with van der Waals surface area (Å²) in [5.74, 6) is 0.205. The van der Waals surface area contributed by atoms with Crippen LogP contribution in [-0.4, -0.2) is 51.3 Å². The van der Waals surface area contributed by atoms with E-state index in [1.165, 1.54) is 5.56 Å². The van der Waals surface area contributed by atoms with E-state index in [2.05, 4.69) is 50.0 Å². The highest BCUT2D eigenvalue weighted by atomic mass is 32.1. The summed E-state index contributed by atoms with van der Waals surface area (Å²) in [5, 5.41) is 2.07. The Morgan fingerprint density at radius 1 is 0.964 bits per heavy atom. The van der Waals surface area contributed by atoms with Crippen LogP contribution in [0.4, 0.5) is 0 Å². The van der Waals surface area contributed by atoms with Crippen LogP contribution >= 0.6 is 11.3 Å². The van der Waals surface area contributed by atoms with E-state index < -0.39 is 0 Å².